The Kier molecular flexibility index (Phi) is 45.7. The van der Waals surface area contributed by atoms with Gasteiger partial charge in [-0.1, -0.05) is 259 Å². The van der Waals surface area contributed by atoms with Crippen molar-refractivity contribution in [2.75, 3.05) is 13.2 Å². The van der Waals surface area contributed by atoms with Gasteiger partial charge in [-0.25, -0.2) is 0 Å². The molecule has 356 valence electrons. The summed E-state index contributed by atoms with van der Waals surface area (Å²) in [6.45, 7) is 11.3. The van der Waals surface area contributed by atoms with Gasteiger partial charge in [-0.15, -0.1) is 0 Å². The second kappa shape index (κ2) is 46.9. The lowest BCUT2D eigenvalue weighted by Crippen LogP contribution is -2.30. The van der Waals surface area contributed by atoms with Crippen molar-refractivity contribution in [2.45, 2.75) is 304 Å². The molecule has 0 saturated heterocycles. The SMILES string of the molecule is CCCCCCCCCCCCCCCCCCCC(=O)OC[C@H](COC(=O)CCCCCCCCCCC(C)C)OC(=O)CCCCCCCCCCCCCC(C)C. The Balaban J connectivity index is 4.28. The average molecular weight is 849 g/mol. The first kappa shape index (κ1) is 58.4. The average Bonchev–Trinajstić information content (AvgIpc) is 3.22. The van der Waals surface area contributed by atoms with Crippen LogP contribution in [-0.2, 0) is 28.6 Å². The minimum atomic E-state index is -0.762. The van der Waals surface area contributed by atoms with Gasteiger partial charge in [-0.05, 0) is 31.1 Å². The van der Waals surface area contributed by atoms with E-state index in [1.54, 1.807) is 0 Å². The molecule has 6 nitrogen and oxygen atoms in total. The summed E-state index contributed by atoms with van der Waals surface area (Å²) in [5, 5.41) is 0. The second-order valence-corrected chi connectivity index (χ2v) is 19.5. The molecule has 0 spiro atoms. The van der Waals surface area contributed by atoms with Crippen LogP contribution in [0.4, 0.5) is 0 Å². The van der Waals surface area contributed by atoms with Crippen LogP contribution in [0.2, 0.25) is 0 Å². The molecule has 0 bridgehead atoms. The fraction of sp³-hybridized carbons (Fsp3) is 0.944. The molecular formula is C54H104O6. The summed E-state index contributed by atoms with van der Waals surface area (Å²) in [6.07, 6.45) is 48.1. The quantitative estimate of drug-likeness (QED) is 0.0345. The summed E-state index contributed by atoms with van der Waals surface area (Å²) in [6, 6.07) is 0. The molecular weight excluding hydrogens is 745 g/mol. The van der Waals surface area contributed by atoms with Gasteiger partial charge in [-0.3, -0.25) is 14.4 Å². The normalized spacial score (nSPS) is 12.1. The van der Waals surface area contributed by atoms with Crippen LogP contribution >= 0.6 is 0 Å². The summed E-state index contributed by atoms with van der Waals surface area (Å²) < 4.78 is 16.8. The molecule has 0 saturated carbocycles. The molecule has 0 N–H and O–H groups in total. The van der Waals surface area contributed by atoms with Crippen LogP contribution in [0.1, 0.15) is 298 Å². The Labute approximate surface area is 374 Å². The highest BCUT2D eigenvalue weighted by Gasteiger charge is 2.19. The molecule has 0 aliphatic rings. The molecule has 0 aromatic heterocycles. The first-order chi connectivity index (χ1) is 29.2. The third-order valence-electron chi connectivity index (χ3n) is 12.2. The summed E-state index contributed by atoms with van der Waals surface area (Å²) in [5.74, 6) is 0.773. The van der Waals surface area contributed by atoms with Gasteiger partial charge in [0.25, 0.3) is 0 Å². The maximum absolute atomic E-state index is 12.8. The van der Waals surface area contributed by atoms with E-state index < -0.39 is 6.10 Å². The molecule has 0 aromatic rings. The van der Waals surface area contributed by atoms with E-state index in [1.807, 2.05) is 0 Å². The van der Waals surface area contributed by atoms with Gasteiger partial charge in [-0.2, -0.15) is 0 Å². The zero-order chi connectivity index (χ0) is 44.0. The minimum Gasteiger partial charge on any atom is -0.462 e. The lowest BCUT2D eigenvalue weighted by molar-refractivity contribution is -0.167. The molecule has 0 aromatic carbocycles. The van der Waals surface area contributed by atoms with E-state index in [4.69, 9.17) is 14.2 Å². The maximum atomic E-state index is 12.8. The van der Waals surface area contributed by atoms with Crippen LogP contribution in [-0.4, -0.2) is 37.2 Å². The van der Waals surface area contributed by atoms with Gasteiger partial charge in [0.05, 0.1) is 0 Å². The number of carbonyl (C=O) groups excluding carboxylic acids is 3. The predicted molar refractivity (Wildman–Crippen MR) is 256 cm³/mol. The molecule has 0 aliphatic heterocycles. The van der Waals surface area contributed by atoms with E-state index in [0.29, 0.717) is 19.3 Å². The third-order valence-corrected chi connectivity index (χ3v) is 12.2. The van der Waals surface area contributed by atoms with Crippen molar-refractivity contribution >= 4 is 17.9 Å². The number of rotatable bonds is 48. The molecule has 0 fully saturated rings. The van der Waals surface area contributed by atoms with Crippen LogP contribution < -0.4 is 0 Å². The van der Waals surface area contributed by atoms with E-state index in [2.05, 4.69) is 34.6 Å². The number of esters is 3. The molecule has 60 heavy (non-hydrogen) atoms. The molecule has 0 unspecified atom stereocenters. The Morgan fingerprint density at radius 2 is 0.550 bits per heavy atom. The van der Waals surface area contributed by atoms with Crippen LogP contribution in [0.3, 0.4) is 0 Å². The molecule has 0 heterocycles. The van der Waals surface area contributed by atoms with Crippen LogP contribution in [0.25, 0.3) is 0 Å². The maximum Gasteiger partial charge on any atom is 0.306 e. The molecule has 0 aliphatic carbocycles. The van der Waals surface area contributed by atoms with Crippen molar-refractivity contribution in [3.8, 4) is 0 Å². The van der Waals surface area contributed by atoms with Crippen molar-refractivity contribution < 1.29 is 28.6 Å². The summed E-state index contributed by atoms with van der Waals surface area (Å²) in [7, 11) is 0. The zero-order valence-electron chi connectivity index (χ0n) is 41.1. The Morgan fingerprint density at radius 1 is 0.317 bits per heavy atom. The first-order valence-electron chi connectivity index (χ1n) is 26.7. The first-order valence-corrected chi connectivity index (χ1v) is 26.7. The Bertz CT molecular complexity index is 916. The van der Waals surface area contributed by atoms with Gasteiger partial charge < -0.3 is 14.2 Å². The Morgan fingerprint density at radius 3 is 0.817 bits per heavy atom. The van der Waals surface area contributed by atoms with Gasteiger partial charge in [0.15, 0.2) is 6.10 Å². The van der Waals surface area contributed by atoms with E-state index in [-0.39, 0.29) is 31.1 Å². The third kappa shape index (κ3) is 47.5. The number of carbonyl (C=O) groups is 3. The minimum absolute atomic E-state index is 0.0638. The molecule has 1 atom stereocenters. The van der Waals surface area contributed by atoms with E-state index in [9.17, 15) is 14.4 Å². The standard InChI is InChI=1S/C54H104O6/c1-6-7-8-9-10-11-12-13-14-15-16-17-20-23-29-34-39-44-52(55)58-47-51(48-59-53(56)45-40-35-30-26-25-28-33-38-43-50(4)5)60-54(57)46-41-36-31-24-21-18-19-22-27-32-37-42-49(2)3/h49-51H,6-48H2,1-5H3/t51-/m1/s1. The Hall–Kier alpha value is -1.59. The highest BCUT2D eigenvalue weighted by Crippen LogP contribution is 2.17. The highest BCUT2D eigenvalue weighted by atomic mass is 16.6. The van der Waals surface area contributed by atoms with E-state index in [0.717, 1.165) is 69.6 Å². The molecule has 6 heteroatoms. The van der Waals surface area contributed by atoms with Gasteiger partial charge in [0, 0.05) is 19.3 Å². The van der Waals surface area contributed by atoms with Crippen molar-refractivity contribution in [3.63, 3.8) is 0 Å². The van der Waals surface area contributed by atoms with Crippen LogP contribution in [0, 0.1) is 11.8 Å². The van der Waals surface area contributed by atoms with Crippen LogP contribution in [0.15, 0.2) is 0 Å². The fourth-order valence-electron chi connectivity index (χ4n) is 8.17. The molecule has 0 radical (unpaired) electrons. The number of hydrogen-bond acceptors (Lipinski definition) is 6. The van der Waals surface area contributed by atoms with Gasteiger partial charge in [0.2, 0.25) is 0 Å². The topological polar surface area (TPSA) is 78.9 Å². The number of hydrogen-bond donors (Lipinski definition) is 0. The van der Waals surface area contributed by atoms with Crippen molar-refractivity contribution in [3.05, 3.63) is 0 Å². The highest BCUT2D eigenvalue weighted by molar-refractivity contribution is 5.71. The lowest BCUT2D eigenvalue weighted by Gasteiger charge is -2.18. The summed E-state index contributed by atoms with van der Waals surface area (Å²) in [4.78, 5) is 38.0. The van der Waals surface area contributed by atoms with E-state index >= 15 is 0 Å². The molecule has 0 amide bonds. The summed E-state index contributed by atoms with van der Waals surface area (Å²) >= 11 is 0. The van der Waals surface area contributed by atoms with Crippen LogP contribution in [0.5, 0.6) is 0 Å². The smallest absolute Gasteiger partial charge is 0.306 e. The fourth-order valence-corrected chi connectivity index (χ4v) is 8.17. The largest absolute Gasteiger partial charge is 0.462 e. The van der Waals surface area contributed by atoms with Crippen molar-refractivity contribution in [1.29, 1.82) is 0 Å². The molecule has 0 rings (SSSR count). The predicted octanol–water partition coefficient (Wildman–Crippen LogP) is 17.3. The van der Waals surface area contributed by atoms with Crippen molar-refractivity contribution in [2.24, 2.45) is 11.8 Å². The number of unbranched alkanes of at least 4 members (excludes halogenated alkanes) is 33. The summed E-state index contributed by atoms with van der Waals surface area (Å²) in [5.41, 5.74) is 0. The second-order valence-electron chi connectivity index (χ2n) is 19.5. The lowest BCUT2D eigenvalue weighted by atomic mass is 10.0. The zero-order valence-corrected chi connectivity index (χ0v) is 41.1. The van der Waals surface area contributed by atoms with Gasteiger partial charge in [0.1, 0.15) is 13.2 Å². The van der Waals surface area contributed by atoms with Crippen molar-refractivity contribution in [1.82, 2.24) is 0 Å². The van der Waals surface area contributed by atoms with Gasteiger partial charge >= 0.3 is 17.9 Å². The van der Waals surface area contributed by atoms with E-state index in [1.165, 1.54) is 186 Å². The number of ether oxygens (including phenoxy) is 3. The monoisotopic (exact) mass is 849 g/mol.